The zero-order valence-corrected chi connectivity index (χ0v) is 6.45. The molecule has 0 aliphatic carbocycles. The first-order valence-electron chi connectivity index (χ1n) is 3.86. The van der Waals surface area contributed by atoms with Gasteiger partial charge in [0.05, 0.1) is 0 Å². The molecule has 0 saturated heterocycles. The molecule has 0 amide bonds. The molecule has 0 unspecified atom stereocenters. The average Bonchev–Trinajstić information content (AvgIpc) is 2.50. The largest absolute Gasteiger partial charge is 0.330 e. The number of aromatic amines is 1. The lowest BCUT2D eigenvalue weighted by Crippen LogP contribution is -1.98. The van der Waals surface area contributed by atoms with Crippen molar-refractivity contribution in [2.45, 2.75) is 25.7 Å². The number of tetrazole rings is 1. The SMILES string of the molecule is NCCCCCc1nn[nH]n1. The van der Waals surface area contributed by atoms with Crippen LogP contribution in [0.5, 0.6) is 0 Å². The van der Waals surface area contributed by atoms with E-state index in [1.165, 1.54) is 0 Å². The Hall–Kier alpha value is -0.970. The third-order valence-corrected chi connectivity index (χ3v) is 1.49. The van der Waals surface area contributed by atoms with E-state index in [1.54, 1.807) is 0 Å². The van der Waals surface area contributed by atoms with Crippen LogP contribution in [-0.2, 0) is 6.42 Å². The van der Waals surface area contributed by atoms with Crippen LogP contribution < -0.4 is 5.73 Å². The summed E-state index contributed by atoms with van der Waals surface area (Å²) in [5.74, 6) is 0.794. The maximum Gasteiger partial charge on any atom is 0.174 e. The molecule has 11 heavy (non-hydrogen) atoms. The second-order valence-electron chi connectivity index (χ2n) is 2.43. The van der Waals surface area contributed by atoms with Crippen LogP contribution in [0.3, 0.4) is 0 Å². The number of H-pyrrole nitrogens is 1. The lowest BCUT2D eigenvalue weighted by molar-refractivity contribution is 0.669. The van der Waals surface area contributed by atoms with Crippen molar-refractivity contribution in [2.24, 2.45) is 5.73 Å². The summed E-state index contributed by atoms with van der Waals surface area (Å²) in [6.07, 6.45) is 4.22. The van der Waals surface area contributed by atoms with Gasteiger partial charge in [-0.15, -0.1) is 10.2 Å². The molecule has 0 radical (unpaired) electrons. The fourth-order valence-corrected chi connectivity index (χ4v) is 0.893. The summed E-state index contributed by atoms with van der Waals surface area (Å²) in [7, 11) is 0. The molecule has 0 aromatic carbocycles. The maximum absolute atomic E-state index is 5.34. The van der Waals surface area contributed by atoms with Gasteiger partial charge in [0, 0.05) is 6.42 Å². The smallest absolute Gasteiger partial charge is 0.174 e. The molecule has 0 aliphatic heterocycles. The molecule has 0 aliphatic rings. The molecule has 0 atom stereocenters. The Morgan fingerprint density at radius 3 is 2.82 bits per heavy atom. The van der Waals surface area contributed by atoms with E-state index in [0.717, 1.165) is 38.1 Å². The Labute approximate surface area is 65.4 Å². The van der Waals surface area contributed by atoms with Gasteiger partial charge in [0.2, 0.25) is 0 Å². The number of hydrogen-bond acceptors (Lipinski definition) is 4. The van der Waals surface area contributed by atoms with Gasteiger partial charge >= 0.3 is 0 Å². The first-order chi connectivity index (χ1) is 5.43. The Morgan fingerprint density at radius 2 is 2.18 bits per heavy atom. The van der Waals surface area contributed by atoms with E-state index >= 15 is 0 Å². The first kappa shape index (κ1) is 8.13. The molecule has 0 spiro atoms. The number of aryl methyl sites for hydroxylation is 1. The van der Waals surface area contributed by atoms with E-state index in [4.69, 9.17) is 5.73 Å². The van der Waals surface area contributed by atoms with Crippen molar-refractivity contribution >= 4 is 0 Å². The van der Waals surface area contributed by atoms with Crippen LogP contribution in [0.25, 0.3) is 0 Å². The maximum atomic E-state index is 5.34. The molecule has 1 aromatic heterocycles. The summed E-state index contributed by atoms with van der Waals surface area (Å²) >= 11 is 0. The molecular weight excluding hydrogens is 142 g/mol. The van der Waals surface area contributed by atoms with Crippen molar-refractivity contribution in [3.8, 4) is 0 Å². The Morgan fingerprint density at radius 1 is 1.27 bits per heavy atom. The summed E-state index contributed by atoms with van der Waals surface area (Å²) in [5.41, 5.74) is 5.34. The van der Waals surface area contributed by atoms with Crippen LogP contribution in [0.15, 0.2) is 0 Å². The number of nitrogens with two attached hydrogens (primary N) is 1. The monoisotopic (exact) mass is 155 g/mol. The van der Waals surface area contributed by atoms with Crippen molar-refractivity contribution in [3.05, 3.63) is 5.82 Å². The van der Waals surface area contributed by atoms with Gasteiger partial charge in [-0.05, 0) is 19.4 Å². The molecule has 1 heterocycles. The zero-order chi connectivity index (χ0) is 7.94. The van der Waals surface area contributed by atoms with Crippen LogP contribution in [0.1, 0.15) is 25.1 Å². The molecule has 5 heteroatoms. The minimum Gasteiger partial charge on any atom is -0.330 e. The van der Waals surface area contributed by atoms with E-state index < -0.39 is 0 Å². The number of nitrogens with zero attached hydrogens (tertiary/aromatic N) is 3. The molecule has 62 valence electrons. The molecule has 1 rings (SSSR count). The molecule has 5 nitrogen and oxygen atoms in total. The highest BCUT2D eigenvalue weighted by Gasteiger charge is 1.95. The summed E-state index contributed by atoms with van der Waals surface area (Å²) in [5, 5.41) is 13.5. The molecule has 0 fully saturated rings. The van der Waals surface area contributed by atoms with Gasteiger partial charge in [0.25, 0.3) is 0 Å². The predicted molar refractivity (Wildman–Crippen MR) is 40.8 cm³/mol. The first-order valence-corrected chi connectivity index (χ1v) is 3.86. The summed E-state index contributed by atoms with van der Waals surface area (Å²) < 4.78 is 0. The second kappa shape index (κ2) is 4.79. The van der Waals surface area contributed by atoms with Crippen LogP contribution in [-0.4, -0.2) is 27.2 Å². The lowest BCUT2D eigenvalue weighted by atomic mass is 10.2. The molecule has 0 saturated carbocycles. The average molecular weight is 155 g/mol. The van der Waals surface area contributed by atoms with Crippen molar-refractivity contribution in [1.82, 2.24) is 20.6 Å². The summed E-state index contributed by atoms with van der Waals surface area (Å²) in [6, 6.07) is 0. The molecule has 0 bridgehead atoms. The van der Waals surface area contributed by atoms with Gasteiger partial charge in [-0.2, -0.15) is 5.21 Å². The quantitative estimate of drug-likeness (QED) is 0.580. The lowest BCUT2D eigenvalue weighted by Gasteiger charge is -1.93. The van der Waals surface area contributed by atoms with Gasteiger partial charge in [-0.1, -0.05) is 11.6 Å². The zero-order valence-electron chi connectivity index (χ0n) is 6.45. The van der Waals surface area contributed by atoms with E-state index in [1.807, 2.05) is 0 Å². The van der Waals surface area contributed by atoms with E-state index in [9.17, 15) is 0 Å². The summed E-state index contributed by atoms with van der Waals surface area (Å²) in [6.45, 7) is 0.770. The Balaban J connectivity index is 2.04. The Kier molecular flexibility index (Phi) is 3.54. The Bertz CT molecular complexity index is 171. The van der Waals surface area contributed by atoms with Crippen LogP contribution >= 0.6 is 0 Å². The van der Waals surface area contributed by atoms with Crippen LogP contribution in [0.4, 0.5) is 0 Å². The van der Waals surface area contributed by atoms with Crippen molar-refractivity contribution in [2.75, 3.05) is 6.54 Å². The fourth-order valence-electron chi connectivity index (χ4n) is 0.893. The van der Waals surface area contributed by atoms with Crippen LogP contribution in [0.2, 0.25) is 0 Å². The van der Waals surface area contributed by atoms with Crippen molar-refractivity contribution in [3.63, 3.8) is 0 Å². The van der Waals surface area contributed by atoms with E-state index in [2.05, 4.69) is 20.6 Å². The van der Waals surface area contributed by atoms with Crippen molar-refractivity contribution in [1.29, 1.82) is 0 Å². The summed E-state index contributed by atoms with van der Waals surface area (Å²) in [4.78, 5) is 0. The second-order valence-corrected chi connectivity index (χ2v) is 2.43. The van der Waals surface area contributed by atoms with Gasteiger partial charge in [-0.25, -0.2) is 0 Å². The standard InChI is InChI=1S/C6H13N5/c7-5-3-1-2-4-6-8-10-11-9-6/h1-5,7H2,(H,8,9,10,11). The highest BCUT2D eigenvalue weighted by atomic mass is 15.5. The highest BCUT2D eigenvalue weighted by molar-refractivity contribution is 4.74. The topological polar surface area (TPSA) is 80.5 Å². The molecule has 1 aromatic rings. The predicted octanol–water partition coefficient (Wildman–Crippen LogP) is -0.129. The van der Waals surface area contributed by atoms with Gasteiger partial charge < -0.3 is 5.73 Å². The fraction of sp³-hybridized carbons (Fsp3) is 0.833. The van der Waals surface area contributed by atoms with E-state index in [0.29, 0.717) is 0 Å². The van der Waals surface area contributed by atoms with Crippen LogP contribution in [0, 0.1) is 0 Å². The number of rotatable bonds is 5. The third-order valence-electron chi connectivity index (χ3n) is 1.49. The molecule has 3 N–H and O–H groups in total. The number of aromatic nitrogens is 4. The number of unbranched alkanes of at least 4 members (excludes halogenated alkanes) is 2. The number of nitrogens with one attached hydrogen (secondary N) is 1. The third kappa shape index (κ3) is 3.08. The number of hydrogen-bond donors (Lipinski definition) is 2. The van der Waals surface area contributed by atoms with Gasteiger partial charge in [0.15, 0.2) is 5.82 Å². The minimum absolute atomic E-state index is 0.770. The minimum atomic E-state index is 0.770. The highest BCUT2D eigenvalue weighted by Crippen LogP contribution is 1.98. The van der Waals surface area contributed by atoms with E-state index in [-0.39, 0.29) is 0 Å². The molecular formula is C6H13N5. The van der Waals surface area contributed by atoms with Gasteiger partial charge in [-0.3, -0.25) is 0 Å². The van der Waals surface area contributed by atoms with Crippen molar-refractivity contribution < 1.29 is 0 Å². The van der Waals surface area contributed by atoms with Gasteiger partial charge in [0.1, 0.15) is 0 Å². The normalized spacial score (nSPS) is 10.3.